The number of nitrogens with zero attached hydrogens (tertiary/aromatic N) is 1. The van der Waals surface area contributed by atoms with E-state index >= 15 is 0 Å². The van der Waals surface area contributed by atoms with E-state index in [2.05, 4.69) is 30.4 Å². The van der Waals surface area contributed by atoms with Gasteiger partial charge in [0.05, 0.1) is 24.6 Å². The van der Waals surface area contributed by atoms with Crippen LogP contribution in [-0.4, -0.2) is 14.2 Å². The minimum Gasteiger partial charge on any atom is -0.496 e. The Morgan fingerprint density at radius 3 is 2.50 bits per heavy atom. The van der Waals surface area contributed by atoms with E-state index in [1.807, 2.05) is 14.0 Å². The van der Waals surface area contributed by atoms with Crippen LogP contribution in [0.4, 0.5) is 0 Å². The molecule has 1 atom stereocenters. The fourth-order valence-electron chi connectivity index (χ4n) is 2.81. The number of benzene rings is 1. The SMILES string of the molecule is CNC(c1cc(C)cc(C)c1OC)C1(C#N)CC1. The Kier molecular flexibility index (Phi) is 3.32. The van der Waals surface area contributed by atoms with Gasteiger partial charge in [-0.1, -0.05) is 17.7 Å². The molecule has 0 aromatic heterocycles. The molecule has 1 N–H and O–H groups in total. The monoisotopic (exact) mass is 244 g/mol. The van der Waals surface area contributed by atoms with Crippen molar-refractivity contribution in [1.82, 2.24) is 5.32 Å². The van der Waals surface area contributed by atoms with Crippen molar-refractivity contribution in [3.8, 4) is 11.8 Å². The Labute approximate surface area is 109 Å². The number of nitrogens with one attached hydrogen (secondary N) is 1. The molecule has 0 amide bonds. The second-order valence-electron chi connectivity index (χ2n) is 5.19. The molecule has 0 saturated heterocycles. The highest BCUT2D eigenvalue weighted by Crippen LogP contribution is 2.55. The first-order valence-electron chi connectivity index (χ1n) is 6.31. The van der Waals surface area contributed by atoms with Crippen LogP contribution in [-0.2, 0) is 0 Å². The van der Waals surface area contributed by atoms with Gasteiger partial charge in [-0.15, -0.1) is 0 Å². The van der Waals surface area contributed by atoms with E-state index in [4.69, 9.17) is 4.74 Å². The van der Waals surface area contributed by atoms with Crippen LogP contribution in [0.2, 0.25) is 0 Å². The Morgan fingerprint density at radius 2 is 2.06 bits per heavy atom. The average Bonchev–Trinajstić information content (AvgIpc) is 3.10. The average molecular weight is 244 g/mol. The lowest BCUT2D eigenvalue weighted by atomic mass is 9.88. The number of hydrogen-bond donors (Lipinski definition) is 1. The van der Waals surface area contributed by atoms with Gasteiger partial charge in [0.15, 0.2) is 0 Å². The number of hydrogen-bond acceptors (Lipinski definition) is 3. The molecule has 3 heteroatoms. The van der Waals surface area contributed by atoms with E-state index in [1.54, 1.807) is 7.11 Å². The van der Waals surface area contributed by atoms with E-state index in [0.717, 1.165) is 29.7 Å². The Balaban J connectivity index is 2.52. The zero-order valence-electron chi connectivity index (χ0n) is 11.5. The number of nitriles is 1. The van der Waals surface area contributed by atoms with Crippen molar-refractivity contribution in [1.29, 1.82) is 5.26 Å². The van der Waals surface area contributed by atoms with Crippen LogP contribution >= 0.6 is 0 Å². The van der Waals surface area contributed by atoms with Crippen LogP contribution in [0.3, 0.4) is 0 Å². The van der Waals surface area contributed by atoms with Gasteiger partial charge in [0.25, 0.3) is 0 Å². The summed E-state index contributed by atoms with van der Waals surface area (Å²) in [4.78, 5) is 0. The standard InChI is InChI=1S/C15H20N2O/c1-10-7-11(2)13(18-4)12(8-10)14(17-3)15(9-16)5-6-15/h7-8,14,17H,5-6H2,1-4H3. The predicted octanol–water partition coefficient (Wildman–Crippen LogP) is 2.88. The fourth-order valence-corrected chi connectivity index (χ4v) is 2.81. The van der Waals surface area contributed by atoms with E-state index < -0.39 is 0 Å². The molecule has 18 heavy (non-hydrogen) atoms. The summed E-state index contributed by atoms with van der Waals surface area (Å²) in [6.07, 6.45) is 1.93. The highest BCUT2D eigenvalue weighted by Gasteiger charge is 2.51. The van der Waals surface area contributed by atoms with E-state index in [0.29, 0.717) is 0 Å². The third-order valence-corrected chi connectivity index (χ3v) is 3.82. The number of rotatable bonds is 4. The van der Waals surface area contributed by atoms with Crippen molar-refractivity contribution in [2.75, 3.05) is 14.2 Å². The molecule has 1 aromatic carbocycles. The molecule has 1 unspecified atom stereocenters. The zero-order chi connectivity index (χ0) is 13.3. The van der Waals surface area contributed by atoms with E-state index in [-0.39, 0.29) is 11.5 Å². The summed E-state index contributed by atoms with van der Waals surface area (Å²) in [6.45, 7) is 4.13. The van der Waals surface area contributed by atoms with Crippen LogP contribution in [0, 0.1) is 30.6 Å². The van der Waals surface area contributed by atoms with Crippen LogP contribution in [0.5, 0.6) is 5.75 Å². The van der Waals surface area contributed by atoms with Gasteiger partial charge < -0.3 is 10.1 Å². The largest absolute Gasteiger partial charge is 0.496 e. The lowest BCUT2D eigenvalue weighted by Crippen LogP contribution is -2.26. The molecule has 1 saturated carbocycles. The normalized spacial score (nSPS) is 17.9. The van der Waals surface area contributed by atoms with Crippen LogP contribution in [0.1, 0.15) is 35.6 Å². The second-order valence-corrected chi connectivity index (χ2v) is 5.19. The maximum absolute atomic E-state index is 9.39. The minimum absolute atomic E-state index is 0.0519. The number of ether oxygens (including phenoxy) is 1. The maximum Gasteiger partial charge on any atom is 0.126 e. The van der Waals surface area contributed by atoms with Crippen molar-refractivity contribution in [3.05, 3.63) is 28.8 Å². The summed E-state index contributed by atoms with van der Waals surface area (Å²) in [5.41, 5.74) is 3.19. The highest BCUT2D eigenvalue weighted by molar-refractivity contribution is 5.47. The smallest absolute Gasteiger partial charge is 0.126 e. The Hall–Kier alpha value is -1.53. The third-order valence-electron chi connectivity index (χ3n) is 3.82. The third kappa shape index (κ3) is 1.97. The van der Waals surface area contributed by atoms with E-state index in [9.17, 15) is 5.26 Å². The molecule has 96 valence electrons. The van der Waals surface area contributed by atoms with Gasteiger partial charge in [-0.3, -0.25) is 0 Å². The summed E-state index contributed by atoms with van der Waals surface area (Å²) >= 11 is 0. The Morgan fingerprint density at radius 1 is 1.39 bits per heavy atom. The van der Waals surface area contributed by atoms with Gasteiger partial charge in [-0.2, -0.15) is 5.26 Å². The Bertz CT molecular complexity index is 498. The van der Waals surface area contributed by atoms with Crippen molar-refractivity contribution >= 4 is 0 Å². The fraction of sp³-hybridized carbons (Fsp3) is 0.533. The van der Waals surface area contributed by atoms with Gasteiger partial charge in [0.1, 0.15) is 5.75 Å². The summed E-state index contributed by atoms with van der Waals surface area (Å²) in [5.74, 6) is 0.904. The molecule has 0 bridgehead atoms. The summed E-state index contributed by atoms with van der Waals surface area (Å²) in [7, 11) is 3.61. The molecule has 1 fully saturated rings. The molecule has 0 heterocycles. The quantitative estimate of drug-likeness (QED) is 0.885. The lowest BCUT2D eigenvalue weighted by molar-refractivity contribution is 0.378. The second kappa shape index (κ2) is 4.62. The molecular weight excluding hydrogens is 224 g/mol. The van der Waals surface area contributed by atoms with E-state index in [1.165, 1.54) is 5.56 Å². The van der Waals surface area contributed by atoms with Gasteiger partial charge in [0.2, 0.25) is 0 Å². The first-order chi connectivity index (χ1) is 8.57. The predicted molar refractivity (Wildman–Crippen MR) is 71.5 cm³/mol. The van der Waals surface area contributed by atoms with Gasteiger partial charge >= 0.3 is 0 Å². The summed E-state index contributed by atoms with van der Waals surface area (Å²) < 4.78 is 5.53. The van der Waals surface area contributed by atoms with Crippen LogP contribution < -0.4 is 10.1 Å². The first kappa shape index (κ1) is 12.9. The minimum atomic E-state index is -0.248. The highest BCUT2D eigenvalue weighted by atomic mass is 16.5. The van der Waals surface area contributed by atoms with Crippen molar-refractivity contribution in [2.24, 2.45) is 5.41 Å². The van der Waals surface area contributed by atoms with Crippen LogP contribution in [0.25, 0.3) is 0 Å². The maximum atomic E-state index is 9.39. The summed E-state index contributed by atoms with van der Waals surface area (Å²) in [5, 5.41) is 12.7. The lowest BCUT2D eigenvalue weighted by Gasteiger charge is -2.25. The molecule has 1 aliphatic carbocycles. The van der Waals surface area contributed by atoms with Gasteiger partial charge in [0, 0.05) is 5.56 Å². The zero-order valence-corrected chi connectivity index (χ0v) is 11.5. The van der Waals surface area contributed by atoms with Gasteiger partial charge in [-0.05, 0) is 39.3 Å². The molecule has 0 spiro atoms. The summed E-state index contributed by atoms with van der Waals surface area (Å²) in [6, 6.07) is 6.77. The molecule has 3 nitrogen and oxygen atoms in total. The molecule has 1 aromatic rings. The van der Waals surface area contributed by atoms with Gasteiger partial charge in [-0.25, -0.2) is 0 Å². The van der Waals surface area contributed by atoms with Crippen molar-refractivity contribution in [3.63, 3.8) is 0 Å². The van der Waals surface area contributed by atoms with Crippen LogP contribution in [0.15, 0.2) is 12.1 Å². The number of methoxy groups -OCH3 is 1. The first-order valence-corrected chi connectivity index (χ1v) is 6.31. The molecular formula is C15H20N2O. The molecule has 0 radical (unpaired) electrons. The molecule has 1 aliphatic rings. The molecule has 2 rings (SSSR count). The topological polar surface area (TPSA) is 45.0 Å². The van der Waals surface area contributed by atoms with Crippen molar-refractivity contribution < 1.29 is 4.74 Å². The van der Waals surface area contributed by atoms with Crippen molar-refractivity contribution in [2.45, 2.75) is 32.7 Å². The molecule has 0 aliphatic heterocycles. The number of aryl methyl sites for hydroxylation is 2.